The molecule has 0 unspecified atom stereocenters. The molecule has 1 N–H and O–H groups in total. The second kappa shape index (κ2) is 5.24. The molecule has 0 saturated heterocycles. The average Bonchev–Trinajstić information content (AvgIpc) is 2.56. The number of hydrogen-bond donors (Lipinski definition) is 1. The van der Waals surface area contributed by atoms with Crippen LogP contribution in [0.15, 0.2) is 30.3 Å². The number of nitrogens with zero attached hydrogens (tertiary/aromatic N) is 4. The number of nitrogens with one attached hydrogen (secondary N) is 1. The Bertz CT molecular complexity index is 1090. The molecule has 0 amide bonds. The van der Waals surface area contributed by atoms with Gasteiger partial charge < -0.3 is 10.1 Å². The highest BCUT2D eigenvalue weighted by Crippen LogP contribution is 2.42. The van der Waals surface area contributed by atoms with Crippen LogP contribution in [0, 0.1) is 20.2 Å². The Morgan fingerprint density at radius 3 is 2.52 bits per heavy atom. The summed E-state index contributed by atoms with van der Waals surface area (Å²) in [4.78, 5) is 29.2. The van der Waals surface area contributed by atoms with Gasteiger partial charge in [0.25, 0.3) is 17.3 Å². The lowest BCUT2D eigenvalue weighted by molar-refractivity contribution is -0.385. The minimum Gasteiger partial charge on any atom is -0.433 e. The van der Waals surface area contributed by atoms with Gasteiger partial charge >= 0.3 is 0 Å². The van der Waals surface area contributed by atoms with Crippen LogP contribution < -0.4 is 10.1 Å². The lowest BCUT2D eigenvalue weighted by Gasteiger charge is -2.19. The fraction of sp³-hybridized carbons (Fsp3) is 0. The summed E-state index contributed by atoms with van der Waals surface area (Å²) in [5.74, 6) is 0.537. The Kier molecular flexibility index (Phi) is 3.15. The summed E-state index contributed by atoms with van der Waals surface area (Å²) < 4.78 is 5.56. The Balaban J connectivity index is 1.84. The van der Waals surface area contributed by atoms with Crippen LogP contribution in [0.5, 0.6) is 11.6 Å². The first-order chi connectivity index (χ1) is 11.9. The summed E-state index contributed by atoms with van der Waals surface area (Å²) in [6.45, 7) is 0. The molecule has 2 heterocycles. The average molecular weight is 360 g/mol. The van der Waals surface area contributed by atoms with Gasteiger partial charge in [0.15, 0.2) is 11.6 Å². The topological polar surface area (TPSA) is 133 Å². The third kappa shape index (κ3) is 2.44. The molecule has 1 aromatic heterocycles. The zero-order valence-electron chi connectivity index (χ0n) is 12.1. The van der Waals surface area contributed by atoms with Crippen molar-refractivity contribution in [3.63, 3.8) is 0 Å². The highest BCUT2D eigenvalue weighted by molar-refractivity contribution is 6.33. The molecule has 2 aromatic carbocycles. The molecular formula is C14H6ClN5O5. The van der Waals surface area contributed by atoms with E-state index in [1.807, 2.05) is 0 Å². The number of fused-ring (bicyclic) bond motifs is 3. The van der Waals surface area contributed by atoms with Crippen LogP contribution in [0.1, 0.15) is 0 Å². The van der Waals surface area contributed by atoms with Crippen molar-refractivity contribution in [2.24, 2.45) is 0 Å². The minimum absolute atomic E-state index is 0.0529. The third-order valence-electron chi connectivity index (χ3n) is 3.53. The van der Waals surface area contributed by atoms with Gasteiger partial charge in [-0.2, -0.15) is 0 Å². The van der Waals surface area contributed by atoms with Gasteiger partial charge in [0.2, 0.25) is 0 Å². The monoisotopic (exact) mass is 359 g/mol. The van der Waals surface area contributed by atoms with Crippen molar-refractivity contribution >= 4 is 45.5 Å². The van der Waals surface area contributed by atoms with E-state index in [2.05, 4.69) is 15.3 Å². The first kappa shape index (κ1) is 15.0. The number of aromatic nitrogens is 2. The molecule has 0 aliphatic carbocycles. The quantitative estimate of drug-likeness (QED) is 0.420. The Hall–Kier alpha value is -3.53. The molecule has 0 saturated carbocycles. The zero-order chi connectivity index (χ0) is 17.7. The Morgan fingerprint density at radius 1 is 1.04 bits per heavy atom. The first-order valence-electron chi connectivity index (χ1n) is 6.81. The van der Waals surface area contributed by atoms with Gasteiger partial charge in [-0.15, -0.1) is 0 Å². The summed E-state index contributed by atoms with van der Waals surface area (Å²) in [5, 5.41) is 24.8. The molecule has 1 aliphatic heterocycles. The van der Waals surface area contributed by atoms with Gasteiger partial charge in [0, 0.05) is 12.1 Å². The summed E-state index contributed by atoms with van der Waals surface area (Å²) in [5.41, 5.74) is 0.601. The number of non-ortho nitro benzene ring substituents is 1. The van der Waals surface area contributed by atoms with Gasteiger partial charge in [-0.05, 0) is 12.1 Å². The van der Waals surface area contributed by atoms with Crippen molar-refractivity contribution in [3.05, 3.63) is 55.6 Å². The van der Waals surface area contributed by atoms with Crippen molar-refractivity contribution in [2.45, 2.75) is 0 Å². The Labute approximate surface area is 143 Å². The van der Waals surface area contributed by atoms with Crippen molar-refractivity contribution in [2.75, 3.05) is 5.32 Å². The molecule has 11 heteroatoms. The molecule has 4 rings (SSSR count). The van der Waals surface area contributed by atoms with Gasteiger partial charge in [0.1, 0.15) is 5.02 Å². The molecular weight excluding hydrogens is 354 g/mol. The number of anilines is 2. The van der Waals surface area contributed by atoms with Gasteiger partial charge in [0.05, 0.1) is 32.6 Å². The van der Waals surface area contributed by atoms with Crippen LogP contribution >= 0.6 is 11.6 Å². The largest absolute Gasteiger partial charge is 0.433 e. The van der Waals surface area contributed by atoms with Crippen LogP contribution in [-0.2, 0) is 0 Å². The number of nitro groups is 2. The number of nitro benzene ring substituents is 2. The SMILES string of the molecule is O=[N+]([O-])c1ccc2c(c1)Oc1nc3cc([N+](=O)[O-])c(Cl)cc3nc1N2. The highest BCUT2D eigenvalue weighted by atomic mass is 35.5. The number of hydrogen-bond acceptors (Lipinski definition) is 8. The van der Waals surface area contributed by atoms with Crippen LogP contribution in [0.3, 0.4) is 0 Å². The molecule has 0 spiro atoms. The molecule has 0 fully saturated rings. The van der Waals surface area contributed by atoms with E-state index in [0.717, 1.165) is 0 Å². The van der Waals surface area contributed by atoms with E-state index in [9.17, 15) is 20.2 Å². The van der Waals surface area contributed by atoms with Crippen molar-refractivity contribution in [1.82, 2.24) is 9.97 Å². The number of ether oxygens (including phenoxy) is 1. The smallest absolute Gasteiger partial charge is 0.290 e. The fourth-order valence-corrected chi connectivity index (χ4v) is 2.61. The lowest BCUT2D eigenvalue weighted by Crippen LogP contribution is -2.07. The normalized spacial score (nSPS) is 11.9. The standard InChI is InChI=1S/C14H6ClN5O5/c15-7-4-9-10(5-11(7)20(23)24)18-14-13(17-9)16-8-2-1-6(19(21)22)3-12(8)25-14/h1-5H,(H,16,17). The van der Waals surface area contributed by atoms with E-state index < -0.39 is 9.85 Å². The predicted octanol–water partition coefficient (Wildman–Crippen LogP) is 3.95. The van der Waals surface area contributed by atoms with E-state index >= 15 is 0 Å². The maximum absolute atomic E-state index is 11.0. The summed E-state index contributed by atoms with van der Waals surface area (Å²) in [6, 6.07) is 6.61. The van der Waals surface area contributed by atoms with E-state index in [1.54, 1.807) is 0 Å². The fourth-order valence-electron chi connectivity index (χ4n) is 2.39. The Morgan fingerprint density at radius 2 is 1.80 bits per heavy atom. The van der Waals surface area contributed by atoms with Crippen LogP contribution in [-0.4, -0.2) is 19.8 Å². The van der Waals surface area contributed by atoms with Crippen molar-refractivity contribution in [1.29, 1.82) is 0 Å². The van der Waals surface area contributed by atoms with Crippen LogP contribution in [0.4, 0.5) is 22.9 Å². The van der Waals surface area contributed by atoms with E-state index in [1.165, 1.54) is 30.3 Å². The molecule has 25 heavy (non-hydrogen) atoms. The summed E-state index contributed by atoms with van der Waals surface area (Å²) in [7, 11) is 0. The van der Waals surface area contributed by atoms with Gasteiger partial charge in [-0.1, -0.05) is 11.6 Å². The minimum atomic E-state index is -0.624. The molecule has 3 aromatic rings. The third-order valence-corrected chi connectivity index (χ3v) is 3.84. The maximum atomic E-state index is 11.0. The van der Waals surface area contributed by atoms with E-state index in [0.29, 0.717) is 11.2 Å². The summed E-state index contributed by atoms with van der Waals surface area (Å²) in [6.07, 6.45) is 0. The van der Waals surface area contributed by atoms with Crippen LogP contribution in [0.25, 0.3) is 11.0 Å². The van der Waals surface area contributed by atoms with Gasteiger partial charge in [-0.3, -0.25) is 20.2 Å². The van der Waals surface area contributed by atoms with E-state index in [4.69, 9.17) is 16.3 Å². The molecule has 10 nitrogen and oxygen atoms in total. The second-order valence-corrected chi connectivity index (χ2v) is 5.50. The molecule has 0 atom stereocenters. The van der Waals surface area contributed by atoms with Crippen LogP contribution in [0.2, 0.25) is 5.02 Å². The van der Waals surface area contributed by atoms with Gasteiger partial charge in [-0.25, -0.2) is 9.97 Å². The number of benzene rings is 2. The maximum Gasteiger partial charge on any atom is 0.290 e. The van der Waals surface area contributed by atoms with Crippen molar-refractivity contribution < 1.29 is 14.6 Å². The predicted molar refractivity (Wildman–Crippen MR) is 87.7 cm³/mol. The summed E-state index contributed by atoms with van der Waals surface area (Å²) >= 11 is 5.88. The van der Waals surface area contributed by atoms with Crippen molar-refractivity contribution in [3.8, 4) is 11.6 Å². The second-order valence-electron chi connectivity index (χ2n) is 5.09. The molecule has 1 aliphatic rings. The molecule has 0 bridgehead atoms. The van der Waals surface area contributed by atoms with E-state index in [-0.39, 0.29) is 39.4 Å². The molecule has 0 radical (unpaired) electrons. The highest BCUT2D eigenvalue weighted by Gasteiger charge is 2.24. The zero-order valence-corrected chi connectivity index (χ0v) is 12.9. The first-order valence-corrected chi connectivity index (χ1v) is 7.19. The lowest BCUT2D eigenvalue weighted by atomic mass is 10.2. The number of rotatable bonds is 2. The number of halogens is 1. The molecule has 124 valence electrons.